The topological polar surface area (TPSA) is 35.2 Å². The van der Waals surface area contributed by atoms with E-state index >= 15 is 0 Å². The summed E-state index contributed by atoms with van der Waals surface area (Å²) in [7, 11) is 0. The maximum atomic E-state index is 13.5. The summed E-state index contributed by atoms with van der Waals surface area (Å²) in [4.78, 5) is 0. The Kier molecular flexibility index (Phi) is 4.15. The number of ether oxygens (including phenoxy) is 1. The molecule has 0 saturated heterocycles. The molecule has 1 rings (SSSR count). The molecule has 0 radical (unpaired) electrons. The van der Waals surface area contributed by atoms with Gasteiger partial charge >= 0.3 is 0 Å². The van der Waals surface area contributed by atoms with E-state index in [4.69, 9.17) is 10.5 Å². The third kappa shape index (κ3) is 3.43. The monoisotopic (exact) mass is 239 g/mol. The van der Waals surface area contributed by atoms with E-state index in [0.29, 0.717) is 11.3 Å². The zero-order chi connectivity index (χ0) is 13.2. The fraction of sp³-hybridized carbons (Fsp3) is 0.571. The first kappa shape index (κ1) is 14.0. The van der Waals surface area contributed by atoms with Gasteiger partial charge in [-0.15, -0.1) is 0 Å². The van der Waals surface area contributed by atoms with Crippen LogP contribution in [-0.4, -0.2) is 5.60 Å². The maximum absolute atomic E-state index is 13.5. The number of aryl methyl sites for hydroxylation is 1. The summed E-state index contributed by atoms with van der Waals surface area (Å²) in [6.45, 7) is 9.64. The quantitative estimate of drug-likeness (QED) is 0.869. The van der Waals surface area contributed by atoms with Gasteiger partial charge in [0.2, 0.25) is 0 Å². The summed E-state index contributed by atoms with van der Waals surface area (Å²) in [5.41, 5.74) is 6.87. The molecule has 0 fully saturated rings. The minimum absolute atomic E-state index is 0.237. The Labute approximate surface area is 103 Å². The third-order valence-electron chi connectivity index (χ3n) is 3.02. The molecule has 17 heavy (non-hydrogen) atoms. The lowest BCUT2D eigenvalue weighted by Gasteiger charge is -2.27. The van der Waals surface area contributed by atoms with Crippen LogP contribution in [0.2, 0.25) is 0 Å². The van der Waals surface area contributed by atoms with Crippen LogP contribution in [-0.2, 0) is 0 Å². The first-order valence-electron chi connectivity index (χ1n) is 6.01. The van der Waals surface area contributed by atoms with Crippen molar-refractivity contribution in [1.82, 2.24) is 0 Å². The van der Waals surface area contributed by atoms with Gasteiger partial charge in [0, 0.05) is 11.6 Å². The molecule has 96 valence electrons. The molecule has 0 spiro atoms. The van der Waals surface area contributed by atoms with Gasteiger partial charge in [-0.05, 0) is 51.8 Å². The van der Waals surface area contributed by atoms with Gasteiger partial charge in [-0.25, -0.2) is 4.39 Å². The number of hydrogen-bond donors (Lipinski definition) is 1. The molecule has 0 saturated carbocycles. The zero-order valence-corrected chi connectivity index (χ0v) is 11.3. The second-order valence-corrected chi connectivity index (χ2v) is 5.14. The molecule has 3 heteroatoms. The molecule has 2 N–H and O–H groups in total. The van der Waals surface area contributed by atoms with Crippen LogP contribution in [0, 0.1) is 12.7 Å². The molecule has 0 aliphatic rings. The van der Waals surface area contributed by atoms with Crippen molar-refractivity contribution in [3.05, 3.63) is 29.1 Å². The molecule has 0 amide bonds. The molecule has 0 aromatic heterocycles. The lowest BCUT2D eigenvalue weighted by molar-refractivity contribution is 0.103. The summed E-state index contributed by atoms with van der Waals surface area (Å²) in [6, 6.07) is 2.96. The number of hydrogen-bond acceptors (Lipinski definition) is 2. The summed E-state index contributed by atoms with van der Waals surface area (Å²) in [5.74, 6) is 0.449. The van der Waals surface area contributed by atoms with Crippen molar-refractivity contribution in [2.45, 2.75) is 52.7 Å². The number of rotatable bonds is 4. The Hall–Kier alpha value is -1.09. The van der Waals surface area contributed by atoms with Crippen LogP contribution < -0.4 is 10.5 Å². The Bertz CT molecular complexity index is 399. The highest BCUT2D eigenvalue weighted by Crippen LogP contribution is 2.30. The highest BCUT2D eigenvalue weighted by atomic mass is 19.1. The van der Waals surface area contributed by atoms with Crippen LogP contribution in [0.25, 0.3) is 0 Å². The van der Waals surface area contributed by atoms with Crippen molar-refractivity contribution < 1.29 is 9.13 Å². The standard InChI is InChI=1S/C14H22FNO/c1-6-14(4,5)17-13-7-9(2)12(15)8-11(13)10(3)16/h7-8,10H,6,16H2,1-5H3/t10-/m0/s1. The van der Waals surface area contributed by atoms with Gasteiger partial charge in [0.1, 0.15) is 17.2 Å². The highest BCUT2D eigenvalue weighted by molar-refractivity contribution is 5.40. The molecular weight excluding hydrogens is 217 g/mol. The molecule has 0 aliphatic carbocycles. The average Bonchev–Trinajstić information content (AvgIpc) is 2.22. The van der Waals surface area contributed by atoms with Crippen LogP contribution in [0.5, 0.6) is 5.75 Å². The smallest absolute Gasteiger partial charge is 0.126 e. The van der Waals surface area contributed by atoms with Crippen molar-refractivity contribution in [2.24, 2.45) is 5.73 Å². The van der Waals surface area contributed by atoms with E-state index in [9.17, 15) is 4.39 Å². The molecular formula is C14H22FNO. The van der Waals surface area contributed by atoms with E-state index in [2.05, 4.69) is 6.92 Å². The highest BCUT2D eigenvalue weighted by Gasteiger charge is 2.20. The minimum atomic E-state index is -0.270. The first-order valence-corrected chi connectivity index (χ1v) is 6.01. The molecule has 0 aliphatic heterocycles. The zero-order valence-electron chi connectivity index (χ0n) is 11.3. The SMILES string of the molecule is CCC(C)(C)Oc1cc(C)c(F)cc1[C@H](C)N. The molecule has 0 heterocycles. The minimum Gasteiger partial charge on any atom is -0.488 e. The number of halogens is 1. The second kappa shape index (κ2) is 5.05. The van der Waals surface area contributed by atoms with Crippen molar-refractivity contribution in [2.75, 3.05) is 0 Å². The number of benzene rings is 1. The third-order valence-corrected chi connectivity index (χ3v) is 3.02. The van der Waals surface area contributed by atoms with E-state index in [1.165, 1.54) is 6.07 Å². The Balaban J connectivity index is 3.17. The normalized spacial score (nSPS) is 13.6. The van der Waals surface area contributed by atoms with Gasteiger partial charge in [0.15, 0.2) is 0 Å². The molecule has 0 unspecified atom stereocenters. The lowest BCUT2D eigenvalue weighted by Crippen LogP contribution is -2.28. The van der Waals surface area contributed by atoms with Crippen LogP contribution in [0.15, 0.2) is 12.1 Å². The van der Waals surface area contributed by atoms with Gasteiger partial charge in [-0.3, -0.25) is 0 Å². The first-order chi connectivity index (χ1) is 7.76. The van der Waals surface area contributed by atoms with Crippen LogP contribution in [0.1, 0.15) is 51.3 Å². The predicted octanol–water partition coefficient (Wildman–Crippen LogP) is 3.72. The number of nitrogens with two attached hydrogens (primary N) is 1. The van der Waals surface area contributed by atoms with E-state index in [1.807, 2.05) is 20.8 Å². The second-order valence-electron chi connectivity index (χ2n) is 5.14. The summed E-state index contributed by atoms with van der Waals surface area (Å²) in [5, 5.41) is 0. The van der Waals surface area contributed by atoms with E-state index in [-0.39, 0.29) is 17.5 Å². The van der Waals surface area contributed by atoms with Crippen LogP contribution >= 0.6 is 0 Å². The summed E-state index contributed by atoms with van der Waals surface area (Å²) >= 11 is 0. The van der Waals surface area contributed by atoms with E-state index in [1.54, 1.807) is 13.0 Å². The average molecular weight is 239 g/mol. The van der Waals surface area contributed by atoms with Gasteiger partial charge in [0.05, 0.1) is 0 Å². The maximum Gasteiger partial charge on any atom is 0.126 e. The molecule has 1 aromatic rings. The van der Waals surface area contributed by atoms with Crippen molar-refractivity contribution in [3.63, 3.8) is 0 Å². The van der Waals surface area contributed by atoms with Crippen molar-refractivity contribution >= 4 is 0 Å². The summed E-state index contributed by atoms with van der Waals surface area (Å²) in [6.07, 6.45) is 0.877. The molecule has 1 aromatic carbocycles. The fourth-order valence-corrected chi connectivity index (χ4v) is 1.48. The Morgan fingerprint density at radius 3 is 2.47 bits per heavy atom. The van der Waals surface area contributed by atoms with Crippen molar-refractivity contribution in [3.8, 4) is 5.75 Å². The Morgan fingerprint density at radius 1 is 1.41 bits per heavy atom. The molecule has 0 bridgehead atoms. The van der Waals surface area contributed by atoms with Crippen LogP contribution in [0.4, 0.5) is 4.39 Å². The van der Waals surface area contributed by atoms with E-state index in [0.717, 1.165) is 12.0 Å². The lowest BCUT2D eigenvalue weighted by atomic mass is 10.0. The van der Waals surface area contributed by atoms with Gasteiger partial charge in [0.25, 0.3) is 0 Å². The van der Waals surface area contributed by atoms with Gasteiger partial charge in [-0.2, -0.15) is 0 Å². The summed E-state index contributed by atoms with van der Waals surface area (Å²) < 4.78 is 19.5. The van der Waals surface area contributed by atoms with Gasteiger partial charge in [-0.1, -0.05) is 6.92 Å². The van der Waals surface area contributed by atoms with E-state index < -0.39 is 0 Å². The van der Waals surface area contributed by atoms with Gasteiger partial charge < -0.3 is 10.5 Å². The largest absolute Gasteiger partial charge is 0.488 e. The predicted molar refractivity (Wildman–Crippen MR) is 68.7 cm³/mol. The van der Waals surface area contributed by atoms with Crippen molar-refractivity contribution in [1.29, 1.82) is 0 Å². The Morgan fingerprint density at radius 2 is 2.00 bits per heavy atom. The van der Waals surface area contributed by atoms with Crippen LogP contribution in [0.3, 0.4) is 0 Å². The molecule has 1 atom stereocenters. The molecule has 2 nitrogen and oxygen atoms in total. The fourth-order valence-electron chi connectivity index (χ4n) is 1.48.